The average molecular weight is 533 g/mol. The lowest BCUT2D eigenvalue weighted by molar-refractivity contribution is 0.0391. The molecule has 6 nitrogen and oxygen atoms in total. The summed E-state index contributed by atoms with van der Waals surface area (Å²) in [6.07, 6.45) is 0. The Morgan fingerprint density at radius 3 is 2.77 bits per heavy atom. The Hall–Kier alpha value is -1.23. The molecular formula is C20H23BrClN3O3S2. The predicted molar refractivity (Wildman–Crippen MR) is 129 cm³/mol. The van der Waals surface area contributed by atoms with E-state index in [0.717, 1.165) is 52.6 Å². The third-order valence-corrected chi connectivity index (χ3v) is 7.33. The molecule has 0 saturated carbocycles. The Kier molecular flexibility index (Phi) is 8.50. The third kappa shape index (κ3) is 5.33. The summed E-state index contributed by atoms with van der Waals surface area (Å²) in [7, 11) is 0. The van der Waals surface area contributed by atoms with Crippen LogP contribution in [0.1, 0.15) is 16.6 Å². The van der Waals surface area contributed by atoms with E-state index in [-0.39, 0.29) is 18.3 Å². The molecule has 1 aliphatic rings. The van der Waals surface area contributed by atoms with Gasteiger partial charge in [-0.05, 0) is 47.1 Å². The number of anilines is 1. The number of fused-ring (bicyclic) bond motifs is 1. The van der Waals surface area contributed by atoms with Crippen LogP contribution in [-0.2, 0) is 4.74 Å². The smallest absolute Gasteiger partial charge is 0.270 e. The number of hydrogen-bond donors (Lipinski definition) is 0. The normalized spacial score (nSPS) is 14.5. The lowest BCUT2D eigenvalue weighted by Gasteiger charge is -2.29. The second-order valence-electron chi connectivity index (χ2n) is 6.55. The highest BCUT2D eigenvalue weighted by Gasteiger charge is 2.24. The number of rotatable bonds is 7. The van der Waals surface area contributed by atoms with Crippen molar-refractivity contribution >= 4 is 72.3 Å². The Labute approximate surface area is 198 Å². The number of benzene rings is 1. The molecule has 0 bridgehead atoms. The van der Waals surface area contributed by atoms with Crippen molar-refractivity contribution in [2.24, 2.45) is 0 Å². The zero-order valence-electron chi connectivity index (χ0n) is 16.5. The number of hydrogen-bond acceptors (Lipinski definition) is 7. The third-order valence-electron chi connectivity index (χ3n) is 4.67. The van der Waals surface area contributed by atoms with Crippen LogP contribution in [0.15, 0.2) is 34.1 Å². The molecule has 30 heavy (non-hydrogen) atoms. The summed E-state index contributed by atoms with van der Waals surface area (Å²) in [5, 5.41) is 0.704. The van der Waals surface area contributed by atoms with Gasteiger partial charge in [0.05, 0.1) is 33.2 Å². The van der Waals surface area contributed by atoms with Crippen LogP contribution in [0.25, 0.3) is 10.2 Å². The van der Waals surface area contributed by atoms with Gasteiger partial charge in [-0.1, -0.05) is 17.4 Å². The fourth-order valence-electron chi connectivity index (χ4n) is 3.21. The molecule has 0 unspecified atom stereocenters. The van der Waals surface area contributed by atoms with Crippen molar-refractivity contribution in [3.05, 3.63) is 39.0 Å². The van der Waals surface area contributed by atoms with Gasteiger partial charge in [-0.25, -0.2) is 4.98 Å². The van der Waals surface area contributed by atoms with E-state index in [1.807, 2.05) is 37.3 Å². The van der Waals surface area contributed by atoms with E-state index >= 15 is 0 Å². The van der Waals surface area contributed by atoms with E-state index in [0.29, 0.717) is 23.2 Å². The molecule has 1 aliphatic heterocycles. The van der Waals surface area contributed by atoms with Crippen LogP contribution < -0.4 is 9.64 Å². The maximum atomic E-state index is 13.3. The second kappa shape index (κ2) is 10.9. The van der Waals surface area contributed by atoms with Crippen LogP contribution in [-0.4, -0.2) is 61.8 Å². The SMILES string of the molecule is CCOc1cccc2sc(N(CCN3CCOCC3)C(=O)c3ccc(Br)s3)nc12.Cl. The molecule has 1 aromatic carbocycles. The highest BCUT2D eigenvalue weighted by Crippen LogP contribution is 2.35. The lowest BCUT2D eigenvalue weighted by Crippen LogP contribution is -2.43. The minimum absolute atomic E-state index is 0. The molecule has 3 aromatic rings. The van der Waals surface area contributed by atoms with Crippen LogP contribution in [0.4, 0.5) is 5.13 Å². The van der Waals surface area contributed by atoms with E-state index < -0.39 is 0 Å². The molecule has 2 aromatic heterocycles. The first kappa shape index (κ1) is 23.4. The molecule has 10 heteroatoms. The standard InChI is InChI=1S/C20H22BrN3O3S2.ClH/c1-2-27-14-4-3-5-15-18(14)22-20(29-15)24(9-8-23-10-12-26-13-11-23)19(25)16-6-7-17(21)28-16;/h3-7H,2,8-13H2,1H3;1H. The van der Waals surface area contributed by atoms with E-state index in [4.69, 9.17) is 14.5 Å². The van der Waals surface area contributed by atoms with Crippen LogP contribution in [0, 0.1) is 0 Å². The van der Waals surface area contributed by atoms with Gasteiger partial charge in [-0.15, -0.1) is 23.7 Å². The number of morpholine rings is 1. The van der Waals surface area contributed by atoms with Crippen molar-refractivity contribution in [2.75, 3.05) is 50.9 Å². The van der Waals surface area contributed by atoms with Crippen LogP contribution >= 0.6 is 51.0 Å². The Bertz CT molecular complexity index is 991. The van der Waals surface area contributed by atoms with E-state index in [2.05, 4.69) is 20.8 Å². The summed E-state index contributed by atoms with van der Waals surface area (Å²) in [4.78, 5) is 22.9. The molecule has 0 aliphatic carbocycles. The Balaban J connectivity index is 0.00000256. The monoisotopic (exact) mass is 531 g/mol. The Morgan fingerprint density at radius 2 is 2.07 bits per heavy atom. The first-order chi connectivity index (χ1) is 14.2. The van der Waals surface area contributed by atoms with Crippen LogP contribution in [0.2, 0.25) is 0 Å². The number of carbonyl (C=O) groups excluding carboxylic acids is 1. The number of para-hydroxylation sites is 1. The van der Waals surface area contributed by atoms with Gasteiger partial charge in [-0.2, -0.15) is 0 Å². The fourth-order valence-corrected chi connectivity index (χ4v) is 5.55. The number of thiophene rings is 1. The van der Waals surface area contributed by atoms with E-state index in [1.165, 1.54) is 22.7 Å². The van der Waals surface area contributed by atoms with E-state index in [1.54, 1.807) is 4.90 Å². The summed E-state index contributed by atoms with van der Waals surface area (Å²) in [6, 6.07) is 9.67. The lowest BCUT2D eigenvalue weighted by atomic mass is 10.3. The largest absolute Gasteiger partial charge is 0.492 e. The molecule has 1 amide bonds. The molecule has 0 spiro atoms. The van der Waals surface area contributed by atoms with Gasteiger partial charge >= 0.3 is 0 Å². The summed E-state index contributed by atoms with van der Waals surface area (Å²) in [5.74, 6) is 0.734. The summed E-state index contributed by atoms with van der Waals surface area (Å²) in [6.45, 7) is 7.17. The van der Waals surface area contributed by atoms with Gasteiger partial charge in [0.2, 0.25) is 0 Å². The molecule has 4 rings (SSSR count). The number of ether oxygens (including phenoxy) is 2. The molecule has 3 heterocycles. The maximum absolute atomic E-state index is 13.3. The number of halogens is 2. The topological polar surface area (TPSA) is 54.9 Å². The molecule has 1 saturated heterocycles. The quantitative estimate of drug-likeness (QED) is 0.432. The number of carbonyl (C=O) groups is 1. The first-order valence-electron chi connectivity index (χ1n) is 9.55. The summed E-state index contributed by atoms with van der Waals surface area (Å²) >= 11 is 6.43. The Morgan fingerprint density at radius 1 is 1.27 bits per heavy atom. The second-order valence-corrected chi connectivity index (χ2v) is 10.0. The van der Waals surface area contributed by atoms with Gasteiger partial charge in [0.15, 0.2) is 5.13 Å². The molecule has 0 radical (unpaired) electrons. The summed E-state index contributed by atoms with van der Waals surface area (Å²) in [5.41, 5.74) is 0.811. The van der Waals surface area contributed by atoms with Crippen molar-refractivity contribution in [1.82, 2.24) is 9.88 Å². The van der Waals surface area contributed by atoms with Gasteiger partial charge in [0.25, 0.3) is 5.91 Å². The van der Waals surface area contributed by atoms with Gasteiger partial charge in [-0.3, -0.25) is 14.6 Å². The molecule has 0 N–H and O–H groups in total. The highest BCUT2D eigenvalue weighted by molar-refractivity contribution is 9.11. The number of aromatic nitrogens is 1. The fraction of sp³-hybridized carbons (Fsp3) is 0.400. The number of thiazole rings is 1. The predicted octanol–water partition coefficient (Wildman–Crippen LogP) is 4.92. The number of nitrogens with zero attached hydrogens (tertiary/aromatic N) is 3. The molecule has 0 atom stereocenters. The van der Waals surface area contributed by atoms with Gasteiger partial charge in [0, 0.05) is 26.2 Å². The van der Waals surface area contributed by atoms with Gasteiger partial charge in [0.1, 0.15) is 11.3 Å². The van der Waals surface area contributed by atoms with Crippen molar-refractivity contribution in [3.8, 4) is 5.75 Å². The summed E-state index contributed by atoms with van der Waals surface area (Å²) < 4.78 is 13.1. The molecular weight excluding hydrogens is 510 g/mol. The molecule has 162 valence electrons. The van der Waals surface area contributed by atoms with Crippen molar-refractivity contribution in [3.63, 3.8) is 0 Å². The van der Waals surface area contributed by atoms with Crippen molar-refractivity contribution in [2.45, 2.75) is 6.92 Å². The minimum atomic E-state index is -0.0222. The average Bonchev–Trinajstić information content (AvgIpc) is 3.36. The first-order valence-corrected chi connectivity index (χ1v) is 12.0. The van der Waals surface area contributed by atoms with Crippen LogP contribution in [0.5, 0.6) is 5.75 Å². The zero-order valence-corrected chi connectivity index (χ0v) is 20.5. The molecule has 1 fully saturated rings. The number of amides is 1. The van der Waals surface area contributed by atoms with Crippen molar-refractivity contribution < 1.29 is 14.3 Å². The highest BCUT2D eigenvalue weighted by atomic mass is 79.9. The van der Waals surface area contributed by atoms with Crippen molar-refractivity contribution in [1.29, 1.82) is 0 Å². The maximum Gasteiger partial charge on any atom is 0.270 e. The van der Waals surface area contributed by atoms with E-state index in [9.17, 15) is 4.79 Å². The zero-order chi connectivity index (χ0) is 20.2. The van der Waals surface area contributed by atoms with Crippen LogP contribution in [0.3, 0.4) is 0 Å². The minimum Gasteiger partial charge on any atom is -0.492 e. The van der Waals surface area contributed by atoms with Gasteiger partial charge < -0.3 is 9.47 Å².